The monoisotopic (exact) mass is 182 g/mol. The smallest absolute Gasteiger partial charge is 0.142 e. The lowest BCUT2D eigenvalue weighted by Gasteiger charge is -2.02. The van der Waals surface area contributed by atoms with E-state index in [9.17, 15) is 4.79 Å². The van der Waals surface area contributed by atoms with Gasteiger partial charge in [-0.05, 0) is 25.3 Å². The first-order valence-corrected chi connectivity index (χ1v) is 5.48. The molecule has 0 heterocycles. The molecule has 76 valence electrons. The van der Waals surface area contributed by atoms with E-state index in [0.717, 1.165) is 19.1 Å². The fourth-order valence-electron chi connectivity index (χ4n) is 1.43. The molecule has 0 amide bonds. The Balaban J connectivity index is 3.38. The lowest BCUT2D eigenvalue weighted by molar-refractivity contribution is -0.104. The van der Waals surface area contributed by atoms with Crippen LogP contribution in [0.3, 0.4) is 0 Å². The summed E-state index contributed by atoms with van der Waals surface area (Å²) in [4.78, 5) is 10.2. The van der Waals surface area contributed by atoms with Gasteiger partial charge in [-0.3, -0.25) is 4.79 Å². The van der Waals surface area contributed by atoms with Crippen molar-refractivity contribution in [1.29, 1.82) is 0 Å². The van der Waals surface area contributed by atoms with Crippen LogP contribution in [-0.4, -0.2) is 6.29 Å². The van der Waals surface area contributed by atoms with E-state index in [0.29, 0.717) is 0 Å². The molecule has 0 radical (unpaired) electrons. The number of hydrogen-bond acceptors (Lipinski definition) is 1. The number of rotatable bonds is 8. The molecule has 0 N–H and O–H groups in total. The molecule has 13 heavy (non-hydrogen) atoms. The molecule has 0 saturated heterocycles. The quantitative estimate of drug-likeness (QED) is 0.316. The number of carbonyl (C=O) groups is 1. The molecule has 0 atom stereocenters. The van der Waals surface area contributed by atoms with Gasteiger partial charge in [-0.2, -0.15) is 0 Å². The predicted molar refractivity (Wildman–Crippen MR) is 57.8 cm³/mol. The van der Waals surface area contributed by atoms with Crippen LogP contribution in [0.15, 0.2) is 11.6 Å². The Labute approximate surface area is 82.2 Å². The van der Waals surface area contributed by atoms with Crippen molar-refractivity contribution in [2.24, 2.45) is 0 Å². The Morgan fingerprint density at radius 3 is 2.31 bits per heavy atom. The Kier molecular flexibility index (Phi) is 9.07. The normalized spacial score (nSPS) is 11.7. The summed E-state index contributed by atoms with van der Waals surface area (Å²) in [5, 5.41) is 0. The Morgan fingerprint density at radius 1 is 1.08 bits per heavy atom. The fourth-order valence-corrected chi connectivity index (χ4v) is 1.43. The number of allylic oxidation sites excluding steroid dienone is 2. The number of unbranched alkanes of at least 4 members (excludes halogenated alkanes) is 4. The standard InChI is InChI=1S/C12H22O/c1-3-5-6-7-8-9-12(4-2)10-11-13/h10-11H,3-9H2,1-2H3. The predicted octanol–water partition coefficient (Wildman–Crippen LogP) is 3.88. The summed E-state index contributed by atoms with van der Waals surface area (Å²) in [6, 6.07) is 0. The zero-order chi connectivity index (χ0) is 9.94. The largest absolute Gasteiger partial charge is 0.299 e. The average Bonchev–Trinajstić information content (AvgIpc) is 2.16. The highest BCUT2D eigenvalue weighted by Crippen LogP contribution is 2.12. The molecule has 0 fully saturated rings. The minimum Gasteiger partial charge on any atom is -0.299 e. The van der Waals surface area contributed by atoms with E-state index >= 15 is 0 Å². The van der Waals surface area contributed by atoms with Crippen molar-refractivity contribution in [3.8, 4) is 0 Å². The lowest BCUT2D eigenvalue weighted by atomic mass is 10.0. The molecule has 0 bridgehead atoms. The zero-order valence-corrected chi connectivity index (χ0v) is 9.01. The highest BCUT2D eigenvalue weighted by molar-refractivity contribution is 5.66. The summed E-state index contributed by atoms with van der Waals surface area (Å²) in [6.07, 6.45) is 11.3. The summed E-state index contributed by atoms with van der Waals surface area (Å²) >= 11 is 0. The van der Waals surface area contributed by atoms with Crippen molar-refractivity contribution in [3.63, 3.8) is 0 Å². The van der Waals surface area contributed by atoms with Gasteiger partial charge in [0.1, 0.15) is 6.29 Å². The second-order valence-electron chi connectivity index (χ2n) is 3.48. The van der Waals surface area contributed by atoms with Crippen molar-refractivity contribution < 1.29 is 4.79 Å². The molecule has 0 aromatic rings. The van der Waals surface area contributed by atoms with Crippen LogP contribution >= 0.6 is 0 Å². The van der Waals surface area contributed by atoms with Gasteiger partial charge >= 0.3 is 0 Å². The van der Waals surface area contributed by atoms with Crippen LogP contribution < -0.4 is 0 Å². The van der Waals surface area contributed by atoms with E-state index in [1.165, 1.54) is 37.7 Å². The van der Waals surface area contributed by atoms with Crippen LogP contribution in [0.4, 0.5) is 0 Å². The van der Waals surface area contributed by atoms with Gasteiger partial charge in [0.25, 0.3) is 0 Å². The first-order chi connectivity index (χ1) is 6.35. The molecule has 0 aliphatic rings. The van der Waals surface area contributed by atoms with Crippen LogP contribution in [0.1, 0.15) is 58.8 Å². The van der Waals surface area contributed by atoms with Crippen molar-refractivity contribution in [1.82, 2.24) is 0 Å². The van der Waals surface area contributed by atoms with Gasteiger partial charge in [0.05, 0.1) is 0 Å². The van der Waals surface area contributed by atoms with Crippen molar-refractivity contribution >= 4 is 6.29 Å². The third kappa shape index (κ3) is 7.76. The van der Waals surface area contributed by atoms with Crippen LogP contribution in [0, 0.1) is 0 Å². The third-order valence-electron chi connectivity index (χ3n) is 2.36. The number of aldehydes is 1. The summed E-state index contributed by atoms with van der Waals surface area (Å²) in [6.45, 7) is 4.34. The van der Waals surface area contributed by atoms with Crippen molar-refractivity contribution in [2.45, 2.75) is 58.8 Å². The minimum atomic E-state index is 0.908. The van der Waals surface area contributed by atoms with Gasteiger partial charge < -0.3 is 0 Å². The molecule has 1 heteroatoms. The number of hydrogen-bond donors (Lipinski definition) is 0. The molecule has 0 aliphatic heterocycles. The van der Waals surface area contributed by atoms with Gasteiger partial charge in [-0.25, -0.2) is 0 Å². The highest BCUT2D eigenvalue weighted by Gasteiger charge is 1.94. The van der Waals surface area contributed by atoms with E-state index in [-0.39, 0.29) is 0 Å². The van der Waals surface area contributed by atoms with E-state index in [1.54, 1.807) is 6.08 Å². The molecule has 0 spiro atoms. The second kappa shape index (κ2) is 9.50. The van der Waals surface area contributed by atoms with E-state index in [2.05, 4.69) is 13.8 Å². The van der Waals surface area contributed by atoms with Crippen LogP contribution in [0.5, 0.6) is 0 Å². The topological polar surface area (TPSA) is 17.1 Å². The third-order valence-corrected chi connectivity index (χ3v) is 2.36. The van der Waals surface area contributed by atoms with Gasteiger partial charge in [-0.15, -0.1) is 0 Å². The van der Waals surface area contributed by atoms with E-state index in [4.69, 9.17) is 0 Å². The summed E-state index contributed by atoms with van der Waals surface area (Å²) < 4.78 is 0. The maximum Gasteiger partial charge on any atom is 0.142 e. The first-order valence-electron chi connectivity index (χ1n) is 5.48. The van der Waals surface area contributed by atoms with E-state index in [1.807, 2.05) is 0 Å². The molecule has 1 nitrogen and oxygen atoms in total. The average molecular weight is 182 g/mol. The fraction of sp³-hybridized carbons (Fsp3) is 0.750. The zero-order valence-electron chi connectivity index (χ0n) is 9.01. The van der Waals surface area contributed by atoms with Gasteiger partial charge in [0.15, 0.2) is 0 Å². The first kappa shape index (κ1) is 12.4. The van der Waals surface area contributed by atoms with E-state index < -0.39 is 0 Å². The van der Waals surface area contributed by atoms with Crippen LogP contribution in [-0.2, 0) is 4.79 Å². The Hall–Kier alpha value is -0.590. The Bertz CT molecular complexity index is 147. The molecule has 0 unspecified atom stereocenters. The molecular formula is C12H22O. The summed E-state index contributed by atoms with van der Waals surface area (Å²) in [7, 11) is 0. The molecule has 0 aromatic heterocycles. The van der Waals surface area contributed by atoms with Gasteiger partial charge in [0.2, 0.25) is 0 Å². The summed E-state index contributed by atoms with van der Waals surface area (Å²) in [5.41, 5.74) is 1.30. The molecule has 0 saturated carbocycles. The number of carbonyl (C=O) groups excluding carboxylic acids is 1. The minimum absolute atomic E-state index is 0.908. The summed E-state index contributed by atoms with van der Waals surface area (Å²) in [5.74, 6) is 0. The second-order valence-corrected chi connectivity index (χ2v) is 3.48. The maximum absolute atomic E-state index is 10.2. The SMILES string of the molecule is CCCCCCCC(=CC=O)CC. The van der Waals surface area contributed by atoms with Gasteiger partial charge in [-0.1, -0.05) is 45.1 Å². The molecule has 0 rings (SSSR count). The highest BCUT2D eigenvalue weighted by atomic mass is 16.1. The van der Waals surface area contributed by atoms with Crippen LogP contribution in [0.25, 0.3) is 0 Å². The molecular weight excluding hydrogens is 160 g/mol. The van der Waals surface area contributed by atoms with Crippen molar-refractivity contribution in [2.75, 3.05) is 0 Å². The molecule has 0 aromatic carbocycles. The Morgan fingerprint density at radius 2 is 1.77 bits per heavy atom. The van der Waals surface area contributed by atoms with Crippen molar-refractivity contribution in [3.05, 3.63) is 11.6 Å². The maximum atomic E-state index is 10.2. The molecule has 0 aliphatic carbocycles. The lowest BCUT2D eigenvalue weighted by Crippen LogP contribution is -1.84. The van der Waals surface area contributed by atoms with Gasteiger partial charge in [0, 0.05) is 0 Å². The van der Waals surface area contributed by atoms with Crippen LogP contribution in [0.2, 0.25) is 0 Å².